The van der Waals surface area contributed by atoms with Gasteiger partial charge in [-0.3, -0.25) is 18.5 Å². The van der Waals surface area contributed by atoms with Crippen molar-refractivity contribution in [1.82, 2.24) is 28.7 Å². The molecule has 9 aromatic carbocycles. The van der Waals surface area contributed by atoms with Gasteiger partial charge in [0.25, 0.3) is 6.47 Å². The number of carbonyl (C=O) groups is 4. The number of esters is 2. The number of carboxylic acid groups (broad SMARTS) is 1. The number of benzene rings is 9. The van der Waals surface area contributed by atoms with Gasteiger partial charge in [-0.1, -0.05) is 132 Å². The number of thioether (sulfide) groups is 2. The topological polar surface area (TPSA) is 223 Å². The molecule has 3 aromatic heterocycles. The zero-order chi connectivity index (χ0) is 91.8. The minimum Gasteiger partial charge on any atom is -1.00 e. The minimum absolute atomic E-state index is 0. The van der Waals surface area contributed by atoms with Crippen LogP contribution in [0, 0.1) is 57.1 Å². The van der Waals surface area contributed by atoms with Crippen molar-refractivity contribution in [2.75, 3.05) is 21.3 Å². The third-order valence-corrected chi connectivity index (χ3v) is 22.2. The van der Waals surface area contributed by atoms with Crippen LogP contribution in [0.5, 0.6) is 17.2 Å². The Bertz CT molecular complexity index is 5830. The average molecular weight is 1930 g/mol. The number of aromatic nitrogens is 6. The first kappa shape index (κ1) is 110. The Labute approximate surface area is 846 Å². The number of hydrogen-bond donors (Lipinski definition) is 2. The Morgan fingerprint density at radius 2 is 0.756 bits per heavy atom. The number of halogens is 12. The van der Waals surface area contributed by atoms with E-state index in [1.807, 2.05) is 85.5 Å². The second-order valence-electron chi connectivity index (χ2n) is 30.9. The van der Waals surface area contributed by atoms with Crippen LogP contribution in [0.25, 0.3) is 17.1 Å². The Hall–Kier alpha value is -7.72. The molecule has 0 spiro atoms. The fourth-order valence-corrected chi connectivity index (χ4v) is 15.3. The summed E-state index contributed by atoms with van der Waals surface area (Å²) in [6.45, 7) is 23.7. The van der Waals surface area contributed by atoms with Gasteiger partial charge in [-0.2, -0.15) is 0 Å². The molecule has 0 aliphatic rings. The average Bonchev–Trinajstić information content (AvgIpc) is 1.56. The summed E-state index contributed by atoms with van der Waals surface area (Å²) < 4.78 is 159. The summed E-state index contributed by atoms with van der Waals surface area (Å²) in [5, 5.41) is 19.8. The first-order valence-electron chi connectivity index (χ1n) is 37.6. The third-order valence-electron chi connectivity index (χ3n) is 19.1. The number of rotatable bonds is 23. The summed E-state index contributed by atoms with van der Waals surface area (Å²) in [5.74, 6) is -7.76. The molecule has 0 bridgehead atoms. The number of nitrogens with one attached hydrogen (secondary N) is 1. The summed E-state index contributed by atoms with van der Waals surface area (Å²) in [4.78, 5) is 58.5. The summed E-state index contributed by atoms with van der Waals surface area (Å²) in [6.07, 6.45) is 5.47. The summed E-state index contributed by atoms with van der Waals surface area (Å²) in [5.41, 5.74) is 2.79. The number of H-pyrrole nitrogens is 1. The molecule has 0 atom stereocenters. The second-order valence-corrected chi connectivity index (χ2v) is 34.4. The standard InChI is InChI=1S/C31H30ClF3N2O3S.C27H22ClF3N2O3S.C19H18ClFN2OS.C13H16F2O2.CH2O3.CH4.2K.H/c1-30(2,3)40-28(38)18-13-24(34)22(25(35)14-18)17-41-29-36-16-27(37(29)21-10-8-20(33)9-11-21)31(4,5)19-7-12-23(32)26(15-19)39-6;1-27(2,16-4-9-20(28)23(12-16)36-3)24-13-32-26(33(24)18-7-5-17(29)6-8-18)37-14-19-21(30)10-15(25(34)35)11-22(19)31;1-19(2,12-4-9-15(20)16(10-12)24-3)17-11-22-18(25)23(17)14-7-5-13(21)6-8-14;1-5-9-10(14)6-8(7-11(9)15)12(16)17-13(2,3)4;2-1-4-3;;;;/h7-16H,17H2,1-6H3;4-13H,14H2,1-3H3,(H,34,35);4-11H,1-3H3,(H,22,25);6-7H,5H2,1-4H3;1,3H;1H4;;;/q;;;;;;2*+1;-1/p-1. The Kier molecular flexibility index (Phi) is 41.4. The van der Waals surface area contributed by atoms with Crippen molar-refractivity contribution < 1.29 is 202 Å². The van der Waals surface area contributed by atoms with Crippen LogP contribution in [0.4, 0.5) is 39.5 Å². The number of aromatic carboxylic acids is 1. The molecule has 2 N–H and O–H groups in total. The van der Waals surface area contributed by atoms with Crippen molar-refractivity contribution in [3.63, 3.8) is 0 Å². The Morgan fingerprint density at radius 1 is 0.472 bits per heavy atom. The van der Waals surface area contributed by atoms with Crippen LogP contribution in [-0.2, 0) is 53.3 Å². The van der Waals surface area contributed by atoms with Gasteiger partial charge >= 0.3 is 121 Å². The maximum Gasteiger partial charge on any atom is 1.00 e. The minimum atomic E-state index is -1.42. The number of hydrogen-bond acceptors (Lipinski definition) is 16. The molecule has 18 nitrogen and oxygen atoms in total. The van der Waals surface area contributed by atoms with Gasteiger partial charge in [-0.05, 0) is 222 Å². The van der Waals surface area contributed by atoms with Gasteiger partial charge < -0.3 is 45.3 Å². The predicted octanol–water partition coefficient (Wildman–Crippen LogP) is 18.1. The molecule has 35 heteroatoms. The van der Waals surface area contributed by atoms with E-state index in [1.54, 1.807) is 121 Å². The van der Waals surface area contributed by atoms with Crippen LogP contribution in [0.1, 0.15) is 180 Å². The number of imidazole rings is 3. The molecule has 3 heterocycles. The normalized spacial score (nSPS) is 11.2. The largest absolute Gasteiger partial charge is 1.00 e. The van der Waals surface area contributed by atoms with Crippen molar-refractivity contribution in [3.05, 3.63) is 322 Å². The third kappa shape index (κ3) is 28.4. The van der Waals surface area contributed by atoms with Crippen LogP contribution in [-0.4, -0.2) is 90.7 Å². The van der Waals surface area contributed by atoms with Gasteiger partial charge in [0.2, 0.25) is 0 Å². The van der Waals surface area contributed by atoms with Gasteiger partial charge in [0.1, 0.15) is 80.8 Å². The van der Waals surface area contributed by atoms with E-state index in [4.69, 9.17) is 85.9 Å². The molecule has 12 aromatic rings. The number of nitrogens with zero attached hydrogens (tertiary/aromatic N) is 5. The van der Waals surface area contributed by atoms with Gasteiger partial charge in [0.05, 0.1) is 82.6 Å². The molecule has 0 saturated carbocycles. The molecule has 0 aliphatic carbocycles. The summed E-state index contributed by atoms with van der Waals surface area (Å²) in [6, 6.07) is 40.1. The SMILES string of the molecule is C.CCc1c(F)cc(C(=O)OC(C)(C)C)cc1F.COc1cc(C(C)(C)c2c[nH]c(=S)n2-c2ccc(F)cc2)ccc1Cl.COc1cc(C(C)(C)c2cnc(SCc3c(F)cc(C(=O)O)cc3F)n2-c2ccc(F)cc2)ccc1Cl.COc1cc(C(C)(C)c2cnc(SCc3c(F)cc(C(=O)OC(C)(C)C)cc3F)n2-c2ccc(F)cc2)ccc1Cl.O=CO[O-].[H-].[K+].[K+]. The van der Waals surface area contributed by atoms with Crippen molar-refractivity contribution in [2.45, 2.75) is 153 Å². The van der Waals surface area contributed by atoms with Crippen molar-refractivity contribution in [2.24, 2.45) is 0 Å². The Morgan fingerprint density at radius 3 is 1.03 bits per heavy atom. The van der Waals surface area contributed by atoms with E-state index >= 15 is 8.78 Å². The van der Waals surface area contributed by atoms with Crippen LogP contribution in [0.15, 0.2) is 193 Å². The maximum absolute atomic E-state index is 15.0. The summed E-state index contributed by atoms with van der Waals surface area (Å²) >= 11 is 26.2. The molecular weight excluding hydrogens is 1830 g/mol. The fraction of sp³-hybridized carbons (Fsp3) is 0.272. The van der Waals surface area contributed by atoms with E-state index in [2.05, 4.69) is 33.7 Å². The quantitative estimate of drug-likeness (QED) is 0.00888. The van der Waals surface area contributed by atoms with E-state index in [0.29, 0.717) is 58.8 Å². The molecule has 0 unspecified atom stereocenters. The van der Waals surface area contributed by atoms with E-state index in [9.17, 15) is 45.1 Å². The number of ether oxygens (including phenoxy) is 5. The zero-order valence-corrected chi connectivity index (χ0v) is 82.9. The van der Waals surface area contributed by atoms with Gasteiger partial charge in [0, 0.05) is 67.7 Å². The molecule has 127 heavy (non-hydrogen) atoms. The van der Waals surface area contributed by atoms with Crippen molar-refractivity contribution in [1.29, 1.82) is 0 Å². The number of aromatic amines is 1. The fourth-order valence-electron chi connectivity index (χ4n) is 12.4. The van der Waals surface area contributed by atoms with Crippen LogP contribution >= 0.6 is 70.5 Å². The first-order chi connectivity index (χ1) is 58.2. The van der Waals surface area contributed by atoms with Gasteiger partial charge in [-0.25, -0.2) is 63.9 Å². The molecule has 0 saturated heterocycles. The zero-order valence-electron chi connectivity index (χ0n) is 73.0. The maximum atomic E-state index is 15.0. The van der Waals surface area contributed by atoms with E-state index in [0.717, 1.165) is 99.4 Å². The van der Waals surface area contributed by atoms with Crippen LogP contribution < -0.4 is 122 Å². The molecule has 666 valence electrons. The van der Waals surface area contributed by atoms with Crippen LogP contribution in [0.2, 0.25) is 15.1 Å². The smallest absolute Gasteiger partial charge is 1.00 e. The van der Waals surface area contributed by atoms with Crippen molar-refractivity contribution in [3.8, 4) is 34.3 Å². The second kappa shape index (κ2) is 47.9. The molecule has 0 amide bonds. The molecule has 0 radical (unpaired) electrons. The van der Waals surface area contributed by atoms with Gasteiger partial charge in [-0.15, -0.1) is 0 Å². The van der Waals surface area contributed by atoms with Crippen LogP contribution in [0.3, 0.4) is 0 Å². The Balaban J connectivity index is 0.000000363. The van der Waals surface area contributed by atoms with E-state index < -0.39 is 92.0 Å². The predicted molar refractivity (Wildman–Crippen MR) is 468 cm³/mol. The molecule has 0 fully saturated rings. The number of carboxylic acids is 1. The number of carbonyl (C=O) groups excluding carboxylic acids is 3. The molecule has 0 aliphatic heterocycles. The van der Waals surface area contributed by atoms with E-state index in [-0.39, 0.29) is 175 Å². The summed E-state index contributed by atoms with van der Waals surface area (Å²) in [7, 11) is 4.65. The number of methoxy groups -OCH3 is 3. The van der Waals surface area contributed by atoms with E-state index in [1.165, 1.54) is 50.6 Å². The first-order valence-corrected chi connectivity index (χ1v) is 41.1. The van der Waals surface area contributed by atoms with Gasteiger partial charge in [0.15, 0.2) is 15.1 Å². The van der Waals surface area contributed by atoms with Crippen molar-refractivity contribution >= 4 is 94.9 Å². The molecule has 12 rings (SSSR count). The molecular formula is C92H92Cl3F9K2N6O12S3. The monoisotopic (exact) mass is 1920 g/mol.